The summed E-state index contributed by atoms with van der Waals surface area (Å²) in [7, 11) is 0. The fourth-order valence-corrected chi connectivity index (χ4v) is 17.4. The van der Waals surface area contributed by atoms with Crippen LogP contribution in [0.1, 0.15) is 205 Å². The van der Waals surface area contributed by atoms with E-state index in [0.29, 0.717) is 108 Å². The lowest BCUT2D eigenvalue weighted by Gasteiger charge is -2.56. The Kier molecular flexibility index (Phi) is 15.0. The van der Waals surface area contributed by atoms with Gasteiger partial charge in [-0.2, -0.15) is 0 Å². The molecule has 4 saturated heterocycles. The zero-order chi connectivity index (χ0) is 67.8. The molecule has 8 heterocycles. The second kappa shape index (κ2) is 21.6. The van der Waals surface area contributed by atoms with Gasteiger partial charge in [0.1, 0.15) is 68.3 Å². The third kappa shape index (κ3) is 9.57. The first-order valence-electron chi connectivity index (χ1n) is 33.2. The highest BCUT2D eigenvalue weighted by Crippen LogP contribution is 2.71. The second-order valence-electron chi connectivity index (χ2n) is 31.1. The van der Waals surface area contributed by atoms with Gasteiger partial charge in [-0.15, -0.1) is 0 Å². The van der Waals surface area contributed by atoms with Crippen LogP contribution in [0.2, 0.25) is 0 Å². The topological polar surface area (TPSA) is 242 Å². The van der Waals surface area contributed by atoms with Crippen LogP contribution in [0, 0.1) is 23.7 Å². The quantitative estimate of drug-likeness (QED) is 0.0610. The summed E-state index contributed by atoms with van der Waals surface area (Å²) in [6.07, 6.45) is 23.1. The molecule has 6 aliphatic carbocycles. The van der Waals surface area contributed by atoms with Crippen LogP contribution < -0.4 is 18.9 Å². The Morgan fingerprint density at radius 2 is 0.883 bits per heavy atom. The van der Waals surface area contributed by atoms with Crippen LogP contribution in [0.4, 0.5) is 0 Å². The summed E-state index contributed by atoms with van der Waals surface area (Å²) < 4.78 is 63.8. The zero-order valence-corrected chi connectivity index (χ0v) is 56.9. The van der Waals surface area contributed by atoms with Gasteiger partial charge < -0.3 is 57.6 Å². The lowest BCUT2D eigenvalue weighted by Crippen LogP contribution is -2.72. The summed E-state index contributed by atoms with van der Waals surface area (Å²) in [6, 6.07) is 0. The molecule has 0 amide bonds. The Morgan fingerprint density at radius 1 is 0.521 bits per heavy atom. The molecule has 2 N–H and O–H groups in total. The van der Waals surface area contributed by atoms with E-state index in [1.54, 1.807) is 38.2 Å². The fourth-order valence-electron chi connectivity index (χ4n) is 17.4. The molecule has 18 heteroatoms. The van der Waals surface area contributed by atoms with Gasteiger partial charge in [-0.3, -0.25) is 28.8 Å². The van der Waals surface area contributed by atoms with E-state index >= 15 is 0 Å². The molecule has 6 fully saturated rings. The van der Waals surface area contributed by atoms with Gasteiger partial charge in [0.15, 0.2) is 45.5 Å². The van der Waals surface area contributed by atoms with E-state index in [1.165, 1.54) is 11.1 Å². The van der Waals surface area contributed by atoms with Gasteiger partial charge in [0.2, 0.25) is 0 Å². The molecule has 2 aromatic rings. The first kappa shape index (κ1) is 65.3. The molecule has 0 radical (unpaired) electrons. The lowest BCUT2D eigenvalue weighted by atomic mass is 9.51. The van der Waals surface area contributed by atoms with Crippen molar-refractivity contribution in [3.05, 3.63) is 116 Å². The van der Waals surface area contributed by atoms with E-state index in [4.69, 9.17) is 47.4 Å². The number of hydrogen-bond acceptors (Lipinski definition) is 18. The first-order valence-corrected chi connectivity index (χ1v) is 33.2. The van der Waals surface area contributed by atoms with Gasteiger partial charge in [0.05, 0.1) is 45.7 Å². The van der Waals surface area contributed by atoms with Crippen molar-refractivity contribution in [1.29, 1.82) is 0 Å². The van der Waals surface area contributed by atoms with Crippen LogP contribution in [-0.4, -0.2) is 115 Å². The summed E-state index contributed by atoms with van der Waals surface area (Å²) in [6.45, 7) is 32.0. The molecular weight excluding hydrogens is 1200 g/mol. The number of phenolic OH excluding ortho intramolecular Hbond substituents is 2. The number of hydrogen-bond donors (Lipinski definition) is 2. The minimum atomic E-state index is -1.56. The number of phenols is 2. The highest BCUT2D eigenvalue weighted by Gasteiger charge is 2.83. The number of benzene rings is 2. The molecule has 500 valence electrons. The third-order valence-corrected chi connectivity index (χ3v) is 22.4. The average molecular weight is 1290 g/mol. The number of ketones is 4. The van der Waals surface area contributed by atoms with Crippen molar-refractivity contribution >= 4 is 48.2 Å². The van der Waals surface area contributed by atoms with Crippen LogP contribution in [0.3, 0.4) is 0 Å². The molecule has 94 heavy (non-hydrogen) atoms. The number of fused-ring (bicyclic) bond motifs is 4. The predicted molar refractivity (Wildman–Crippen MR) is 347 cm³/mol. The van der Waals surface area contributed by atoms with Gasteiger partial charge in [0.25, 0.3) is 12.9 Å². The Hall–Kier alpha value is -7.38. The number of allylic oxidation sites excluding steroid dienone is 8. The van der Waals surface area contributed by atoms with Gasteiger partial charge in [0, 0.05) is 71.6 Å². The average Bonchev–Trinajstić information content (AvgIpc) is 1.42. The molecule has 0 aromatic heterocycles. The second-order valence-corrected chi connectivity index (χ2v) is 31.1. The Labute approximate surface area is 549 Å². The fraction of sp³-hybridized carbons (Fsp3) is 0.553. The summed E-state index contributed by atoms with van der Waals surface area (Å²) >= 11 is 0. The summed E-state index contributed by atoms with van der Waals surface area (Å²) in [5.41, 5.74) is -4.52. The number of ether oxygens (including phenoxy) is 10. The zero-order valence-electron chi connectivity index (χ0n) is 56.9. The van der Waals surface area contributed by atoms with Crippen molar-refractivity contribution < 1.29 is 86.3 Å². The Balaban J connectivity index is 0.000000171. The van der Waals surface area contributed by atoms with Crippen LogP contribution >= 0.6 is 0 Å². The van der Waals surface area contributed by atoms with E-state index in [2.05, 4.69) is 39.8 Å². The molecule has 2 saturated carbocycles. The number of Topliss-reactive ketones (excluding diaryl/α,β-unsaturated/α-hetero) is 4. The molecule has 4 unspecified atom stereocenters. The van der Waals surface area contributed by atoms with Crippen LogP contribution in [0.5, 0.6) is 34.5 Å². The van der Waals surface area contributed by atoms with Crippen LogP contribution in [0.25, 0.3) is 12.2 Å². The number of epoxide rings is 2. The third-order valence-electron chi connectivity index (χ3n) is 22.4. The minimum Gasteiger partial charge on any atom is -0.506 e. The summed E-state index contributed by atoms with van der Waals surface area (Å²) in [5, 5.41) is 23.7. The molecule has 14 aliphatic rings. The van der Waals surface area contributed by atoms with Crippen LogP contribution in [0.15, 0.2) is 82.4 Å². The van der Waals surface area contributed by atoms with Gasteiger partial charge >= 0.3 is 0 Å². The standard InChI is InChI=1S/2C38H44O9/c2*1-20(2)10-9-13-36(8)14-12-23-29(40)28-30(41)25-16-22-17-26-34(4,5)47-37(33(22)42,15-11-21(3)43-19-39)38(25,26)46-32(28)24(31(23)45-36)18-27-35(6,7)44-27/h2*10-12,14,16,19,22,26-27,40H,9,13,15,17-18H2,1-8H3/b2*21-11-/t22-,26?,27?,36+,37-,38-;22-,26?,27?,36-,37-,38-/m11/s1. The number of carbonyl (C=O) groups excluding carboxylic acids is 6. The largest absolute Gasteiger partial charge is 0.506 e. The Bertz CT molecular complexity index is 3730. The van der Waals surface area contributed by atoms with Gasteiger partial charge in [-0.1, -0.05) is 35.5 Å². The van der Waals surface area contributed by atoms with E-state index in [9.17, 15) is 39.0 Å². The van der Waals surface area contributed by atoms with E-state index in [1.807, 2.05) is 93.5 Å². The molecule has 8 bridgehead atoms. The number of rotatable bonds is 18. The maximum absolute atomic E-state index is 14.8. The maximum atomic E-state index is 14.8. The molecular formula is C76H88O18. The van der Waals surface area contributed by atoms with Gasteiger partial charge in [-0.25, -0.2) is 0 Å². The molecule has 2 aromatic carbocycles. The number of aromatic hydroxyl groups is 2. The first-order chi connectivity index (χ1) is 44.0. The lowest BCUT2D eigenvalue weighted by molar-refractivity contribution is -0.172. The molecule has 2 spiro atoms. The highest BCUT2D eigenvalue weighted by molar-refractivity contribution is 6.20. The summed E-state index contributed by atoms with van der Waals surface area (Å²) in [5.74, 6) is -1.38. The van der Waals surface area contributed by atoms with Crippen molar-refractivity contribution in [2.75, 3.05) is 0 Å². The Morgan fingerprint density at radius 3 is 1.21 bits per heavy atom. The number of carbonyl (C=O) groups is 6. The van der Waals surface area contributed by atoms with E-state index < -0.39 is 56.6 Å². The van der Waals surface area contributed by atoms with Gasteiger partial charge in [-0.05, 0) is 186 Å². The SMILES string of the molecule is CC(C)=CCC[C@@]1(C)C=Cc2c(O)c3c(c(CC4OC4(C)C)c2O1)O[C@]12C(=C[C@@H]4CC1C(C)(C)O[C@]2(C/C=C(/C)OC=O)C4=O)C3=O.CC(C)=CCC[C@]1(C)C=Cc2c(O)c3c(c(CC4OC4(C)C)c2O1)O[C@]12C(=C[C@@H]4CC1C(C)(C)O[C@]2(C/C=C(/C)OC=O)C4=O)C3=O. The summed E-state index contributed by atoms with van der Waals surface area (Å²) in [4.78, 5) is 80.6. The maximum Gasteiger partial charge on any atom is 0.298 e. The molecule has 12 atom stereocenters. The van der Waals surface area contributed by atoms with Crippen molar-refractivity contribution in [2.45, 2.75) is 243 Å². The predicted octanol–water partition coefficient (Wildman–Crippen LogP) is 13.0. The molecule has 18 nitrogen and oxygen atoms in total. The van der Waals surface area contributed by atoms with Crippen molar-refractivity contribution in [3.8, 4) is 34.5 Å². The van der Waals surface area contributed by atoms with Crippen molar-refractivity contribution in [2.24, 2.45) is 23.7 Å². The molecule has 8 aliphatic heterocycles. The minimum absolute atomic E-state index is 0.0363. The van der Waals surface area contributed by atoms with E-state index in [-0.39, 0.29) is 105 Å². The highest BCUT2D eigenvalue weighted by atomic mass is 16.6. The molecule has 16 rings (SSSR count). The smallest absolute Gasteiger partial charge is 0.298 e. The monoisotopic (exact) mass is 1290 g/mol. The van der Waals surface area contributed by atoms with Crippen molar-refractivity contribution in [3.63, 3.8) is 0 Å². The van der Waals surface area contributed by atoms with E-state index in [0.717, 1.165) is 12.8 Å². The van der Waals surface area contributed by atoms with Crippen LogP contribution in [-0.2, 0) is 60.4 Å². The normalized spacial score (nSPS) is 34.8. The van der Waals surface area contributed by atoms with Crippen molar-refractivity contribution in [1.82, 2.24) is 0 Å².